The monoisotopic (exact) mass is 273 g/mol. The van der Waals surface area contributed by atoms with Crippen molar-refractivity contribution in [3.05, 3.63) is 52.8 Å². The summed E-state index contributed by atoms with van der Waals surface area (Å²) in [5.74, 6) is 0.786. The van der Waals surface area contributed by atoms with Crippen LogP contribution in [0.5, 0.6) is 0 Å². The Morgan fingerprint density at radius 1 is 1.11 bits per heavy atom. The second-order valence-corrected chi connectivity index (χ2v) is 5.75. The van der Waals surface area contributed by atoms with Crippen LogP contribution in [-0.4, -0.2) is 15.7 Å². The highest BCUT2D eigenvalue weighted by Crippen LogP contribution is 2.26. The summed E-state index contributed by atoms with van der Waals surface area (Å²) >= 11 is 1.60. The van der Waals surface area contributed by atoms with Gasteiger partial charge in [-0.2, -0.15) is 0 Å². The standard InChI is InChI=1S/C15H19N3S/c1-10-7-11(2)14(12(3)8-10)13(16)9-19-15-17-5-4-6-18-15/h4-8,13H,9,16H2,1-3H3. The first kappa shape index (κ1) is 14.0. The van der Waals surface area contributed by atoms with Gasteiger partial charge in [-0.3, -0.25) is 0 Å². The third kappa shape index (κ3) is 3.55. The molecule has 1 heterocycles. The Labute approximate surface area is 118 Å². The first-order chi connectivity index (χ1) is 9.08. The summed E-state index contributed by atoms with van der Waals surface area (Å²) in [5, 5.41) is 0.778. The van der Waals surface area contributed by atoms with E-state index in [9.17, 15) is 0 Å². The highest BCUT2D eigenvalue weighted by Gasteiger charge is 2.13. The van der Waals surface area contributed by atoms with Crippen molar-refractivity contribution in [2.45, 2.75) is 32.0 Å². The third-order valence-electron chi connectivity index (χ3n) is 3.04. The first-order valence-corrected chi connectivity index (χ1v) is 7.29. The molecule has 0 saturated heterocycles. The average molecular weight is 273 g/mol. The Morgan fingerprint density at radius 2 is 1.68 bits per heavy atom. The second kappa shape index (κ2) is 6.17. The van der Waals surface area contributed by atoms with E-state index >= 15 is 0 Å². The molecule has 0 radical (unpaired) electrons. The molecule has 0 saturated carbocycles. The van der Waals surface area contributed by atoms with Gasteiger partial charge < -0.3 is 5.73 Å². The van der Waals surface area contributed by atoms with Gasteiger partial charge in [0.2, 0.25) is 0 Å². The van der Waals surface area contributed by atoms with Crippen LogP contribution in [0.3, 0.4) is 0 Å². The maximum absolute atomic E-state index is 6.32. The van der Waals surface area contributed by atoms with Gasteiger partial charge in [0.1, 0.15) is 0 Å². The van der Waals surface area contributed by atoms with Crippen molar-refractivity contribution in [2.75, 3.05) is 5.75 Å². The summed E-state index contributed by atoms with van der Waals surface area (Å²) in [6.07, 6.45) is 3.51. The molecule has 1 aromatic carbocycles. The number of aromatic nitrogens is 2. The summed E-state index contributed by atoms with van der Waals surface area (Å²) < 4.78 is 0. The Hall–Kier alpha value is -1.39. The zero-order valence-electron chi connectivity index (χ0n) is 11.6. The van der Waals surface area contributed by atoms with Crippen LogP contribution in [0.25, 0.3) is 0 Å². The molecule has 1 atom stereocenters. The topological polar surface area (TPSA) is 51.8 Å². The average Bonchev–Trinajstić information content (AvgIpc) is 2.36. The highest BCUT2D eigenvalue weighted by molar-refractivity contribution is 7.99. The fourth-order valence-electron chi connectivity index (χ4n) is 2.38. The number of nitrogens with zero attached hydrogens (tertiary/aromatic N) is 2. The molecule has 3 nitrogen and oxygen atoms in total. The van der Waals surface area contributed by atoms with Gasteiger partial charge in [0.25, 0.3) is 0 Å². The largest absolute Gasteiger partial charge is 0.323 e. The lowest BCUT2D eigenvalue weighted by atomic mass is 9.95. The summed E-state index contributed by atoms with van der Waals surface area (Å²) in [6, 6.07) is 6.20. The van der Waals surface area contributed by atoms with Crippen LogP contribution in [0.2, 0.25) is 0 Å². The molecule has 1 aromatic heterocycles. The van der Waals surface area contributed by atoms with Crippen LogP contribution in [0.1, 0.15) is 28.3 Å². The van der Waals surface area contributed by atoms with E-state index in [1.54, 1.807) is 24.2 Å². The second-order valence-electron chi connectivity index (χ2n) is 4.76. The van der Waals surface area contributed by atoms with E-state index in [0.29, 0.717) is 0 Å². The van der Waals surface area contributed by atoms with E-state index in [1.807, 2.05) is 6.07 Å². The summed E-state index contributed by atoms with van der Waals surface area (Å²) in [5.41, 5.74) is 11.4. The van der Waals surface area contributed by atoms with Crippen molar-refractivity contribution in [3.8, 4) is 0 Å². The molecule has 2 rings (SSSR count). The minimum atomic E-state index is 0.00871. The maximum atomic E-state index is 6.32. The molecule has 0 aliphatic carbocycles. The fraction of sp³-hybridized carbons (Fsp3) is 0.333. The summed E-state index contributed by atoms with van der Waals surface area (Å²) in [6.45, 7) is 6.36. The normalized spacial score (nSPS) is 12.4. The van der Waals surface area contributed by atoms with Crippen molar-refractivity contribution in [1.29, 1.82) is 0 Å². The third-order valence-corrected chi connectivity index (χ3v) is 4.04. The molecule has 0 amide bonds. The summed E-state index contributed by atoms with van der Waals surface area (Å²) in [4.78, 5) is 8.40. The van der Waals surface area contributed by atoms with Gasteiger partial charge >= 0.3 is 0 Å². The molecule has 100 valence electrons. The fourth-order valence-corrected chi connectivity index (χ4v) is 3.15. The number of rotatable bonds is 4. The Bertz CT molecular complexity index is 532. The molecule has 0 aliphatic heterocycles. The number of hydrogen-bond donors (Lipinski definition) is 1. The number of aryl methyl sites for hydroxylation is 3. The molecular formula is C15H19N3S. The van der Waals surface area contributed by atoms with Gasteiger partial charge in [-0.25, -0.2) is 9.97 Å². The Kier molecular flexibility index (Phi) is 4.56. The molecule has 0 fully saturated rings. The SMILES string of the molecule is Cc1cc(C)c(C(N)CSc2ncccn2)c(C)c1. The summed E-state index contributed by atoms with van der Waals surface area (Å²) in [7, 11) is 0. The minimum absolute atomic E-state index is 0.00871. The number of thioether (sulfide) groups is 1. The van der Waals surface area contributed by atoms with E-state index in [2.05, 4.69) is 42.9 Å². The lowest BCUT2D eigenvalue weighted by Crippen LogP contribution is -2.16. The zero-order valence-corrected chi connectivity index (χ0v) is 12.4. The number of benzene rings is 1. The lowest BCUT2D eigenvalue weighted by molar-refractivity contribution is 0.809. The van der Waals surface area contributed by atoms with Crippen molar-refractivity contribution in [2.24, 2.45) is 5.73 Å². The lowest BCUT2D eigenvalue weighted by Gasteiger charge is -2.17. The van der Waals surface area contributed by atoms with Crippen LogP contribution in [-0.2, 0) is 0 Å². The van der Waals surface area contributed by atoms with Gasteiger partial charge in [-0.1, -0.05) is 29.5 Å². The first-order valence-electron chi connectivity index (χ1n) is 6.31. The molecule has 2 aromatic rings. The molecule has 0 bridgehead atoms. The predicted octanol–water partition coefficient (Wildman–Crippen LogP) is 3.19. The predicted molar refractivity (Wildman–Crippen MR) is 80.3 cm³/mol. The maximum Gasteiger partial charge on any atom is 0.187 e. The van der Waals surface area contributed by atoms with Crippen LogP contribution < -0.4 is 5.73 Å². The molecule has 2 N–H and O–H groups in total. The van der Waals surface area contributed by atoms with Crippen LogP contribution in [0, 0.1) is 20.8 Å². The molecule has 4 heteroatoms. The van der Waals surface area contributed by atoms with Crippen molar-refractivity contribution in [3.63, 3.8) is 0 Å². The highest BCUT2D eigenvalue weighted by atomic mass is 32.2. The molecule has 0 aliphatic rings. The molecule has 1 unspecified atom stereocenters. The molecular weight excluding hydrogens is 254 g/mol. The van der Waals surface area contributed by atoms with Crippen LogP contribution >= 0.6 is 11.8 Å². The van der Waals surface area contributed by atoms with E-state index in [0.717, 1.165) is 10.9 Å². The van der Waals surface area contributed by atoms with E-state index < -0.39 is 0 Å². The Balaban J connectivity index is 2.10. The van der Waals surface area contributed by atoms with E-state index in [-0.39, 0.29) is 6.04 Å². The molecule has 0 spiro atoms. The van der Waals surface area contributed by atoms with Gasteiger partial charge in [-0.15, -0.1) is 0 Å². The van der Waals surface area contributed by atoms with Crippen molar-refractivity contribution < 1.29 is 0 Å². The van der Waals surface area contributed by atoms with E-state index in [4.69, 9.17) is 5.73 Å². The number of nitrogens with two attached hydrogens (primary N) is 1. The van der Waals surface area contributed by atoms with Crippen LogP contribution in [0.4, 0.5) is 0 Å². The van der Waals surface area contributed by atoms with Gasteiger partial charge in [0.15, 0.2) is 5.16 Å². The minimum Gasteiger partial charge on any atom is -0.323 e. The van der Waals surface area contributed by atoms with E-state index in [1.165, 1.54) is 22.3 Å². The van der Waals surface area contributed by atoms with Crippen molar-refractivity contribution >= 4 is 11.8 Å². The van der Waals surface area contributed by atoms with Gasteiger partial charge in [0, 0.05) is 24.2 Å². The van der Waals surface area contributed by atoms with Gasteiger partial charge in [-0.05, 0) is 43.5 Å². The smallest absolute Gasteiger partial charge is 0.187 e. The molecule has 19 heavy (non-hydrogen) atoms. The zero-order chi connectivity index (χ0) is 13.8. The Morgan fingerprint density at radius 3 is 2.26 bits per heavy atom. The van der Waals surface area contributed by atoms with Gasteiger partial charge in [0.05, 0.1) is 0 Å². The van der Waals surface area contributed by atoms with Crippen molar-refractivity contribution in [1.82, 2.24) is 9.97 Å². The number of hydrogen-bond acceptors (Lipinski definition) is 4. The quantitative estimate of drug-likeness (QED) is 0.686. The van der Waals surface area contributed by atoms with Crippen LogP contribution in [0.15, 0.2) is 35.7 Å².